The van der Waals surface area contributed by atoms with E-state index >= 15 is 0 Å². The van der Waals surface area contributed by atoms with Crippen molar-refractivity contribution < 1.29 is 4.42 Å². The van der Waals surface area contributed by atoms with E-state index < -0.39 is 0 Å². The molecule has 0 aliphatic rings. The predicted octanol–water partition coefficient (Wildman–Crippen LogP) is 10.0. The standard InChI is InChI=1S/C40H26N4O/c1-3-11-27(12-4-1)31-15-9-17-33(25-31)39-43-37(29-13-5-2-6-14-29)42-38(44-39)30-23-21-28(22-24-30)32-16-10-18-34(26-32)40-41-35-19-7-8-20-36(35)45-40/h1-26H. The number of benzene rings is 6. The third-order valence-electron chi connectivity index (χ3n) is 7.78. The highest BCUT2D eigenvalue weighted by Gasteiger charge is 2.14. The van der Waals surface area contributed by atoms with Crippen molar-refractivity contribution in [3.8, 4) is 67.9 Å². The molecule has 0 unspecified atom stereocenters. The van der Waals surface area contributed by atoms with E-state index in [1.807, 2.05) is 97.1 Å². The van der Waals surface area contributed by atoms with Gasteiger partial charge in [-0.3, -0.25) is 0 Å². The van der Waals surface area contributed by atoms with E-state index in [9.17, 15) is 0 Å². The molecule has 212 valence electrons. The van der Waals surface area contributed by atoms with Crippen molar-refractivity contribution in [2.24, 2.45) is 0 Å². The minimum Gasteiger partial charge on any atom is -0.436 e. The molecule has 0 bridgehead atoms. The zero-order chi connectivity index (χ0) is 30.0. The normalized spacial score (nSPS) is 11.1. The van der Waals surface area contributed by atoms with Crippen LogP contribution in [-0.2, 0) is 0 Å². The molecule has 0 aliphatic carbocycles. The van der Waals surface area contributed by atoms with Gasteiger partial charge in [-0.15, -0.1) is 0 Å². The quantitative estimate of drug-likeness (QED) is 0.196. The highest BCUT2D eigenvalue weighted by molar-refractivity contribution is 5.78. The Hall–Kier alpha value is -6.20. The fourth-order valence-electron chi connectivity index (χ4n) is 5.46. The lowest BCUT2D eigenvalue weighted by molar-refractivity contribution is 0.620. The molecule has 2 aromatic heterocycles. The molecule has 5 nitrogen and oxygen atoms in total. The van der Waals surface area contributed by atoms with E-state index in [1.165, 1.54) is 0 Å². The average Bonchev–Trinajstić information content (AvgIpc) is 3.57. The van der Waals surface area contributed by atoms with Crippen molar-refractivity contribution in [3.05, 3.63) is 158 Å². The molecule has 0 amide bonds. The first-order chi connectivity index (χ1) is 22.3. The third kappa shape index (κ3) is 5.39. The number of nitrogens with zero attached hydrogens (tertiary/aromatic N) is 4. The van der Waals surface area contributed by atoms with Crippen molar-refractivity contribution in [2.45, 2.75) is 0 Å². The minimum absolute atomic E-state index is 0.608. The highest BCUT2D eigenvalue weighted by Crippen LogP contribution is 2.31. The van der Waals surface area contributed by atoms with Crippen LogP contribution in [0.15, 0.2) is 162 Å². The summed E-state index contributed by atoms with van der Waals surface area (Å²) in [5.74, 6) is 2.50. The maximum absolute atomic E-state index is 6.02. The van der Waals surface area contributed by atoms with Crippen LogP contribution in [0.2, 0.25) is 0 Å². The summed E-state index contributed by atoms with van der Waals surface area (Å²) in [5, 5.41) is 0. The number of oxazole rings is 1. The first kappa shape index (κ1) is 26.4. The lowest BCUT2D eigenvalue weighted by Gasteiger charge is -2.10. The second-order valence-corrected chi connectivity index (χ2v) is 10.8. The zero-order valence-corrected chi connectivity index (χ0v) is 24.2. The molecule has 6 aromatic carbocycles. The summed E-state index contributed by atoms with van der Waals surface area (Å²) < 4.78 is 6.02. The van der Waals surface area contributed by atoms with Gasteiger partial charge in [0.05, 0.1) is 0 Å². The maximum atomic E-state index is 6.02. The van der Waals surface area contributed by atoms with E-state index in [-0.39, 0.29) is 0 Å². The van der Waals surface area contributed by atoms with E-state index in [4.69, 9.17) is 19.4 Å². The van der Waals surface area contributed by atoms with Gasteiger partial charge in [-0.1, -0.05) is 127 Å². The molecule has 0 saturated heterocycles. The Balaban J connectivity index is 1.16. The van der Waals surface area contributed by atoms with Gasteiger partial charge in [-0.2, -0.15) is 0 Å². The van der Waals surface area contributed by atoms with Gasteiger partial charge in [0.25, 0.3) is 0 Å². The first-order valence-electron chi connectivity index (χ1n) is 14.8. The van der Waals surface area contributed by atoms with Gasteiger partial charge in [0.15, 0.2) is 23.1 Å². The maximum Gasteiger partial charge on any atom is 0.227 e. The van der Waals surface area contributed by atoms with Gasteiger partial charge in [-0.25, -0.2) is 19.9 Å². The topological polar surface area (TPSA) is 64.7 Å². The van der Waals surface area contributed by atoms with Crippen molar-refractivity contribution in [2.75, 3.05) is 0 Å². The molecule has 45 heavy (non-hydrogen) atoms. The van der Waals surface area contributed by atoms with Crippen LogP contribution in [0.4, 0.5) is 0 Å². The number of rotatable bonds is 6. The fraction of sp³-hybridized carbons (Fsp3) is 0. The van der Waals surface area contributed by atoms with Crippen molar-refractivity contribution in [3.63, 3.8) is 0 Å². The van der Waals surface area contributed by atoms with Crippen molar-refractivity contribution in [1.82, 2.24) is 19.9 Å². The summed E-state index contributed by atoms with van der Waals surface area (Å²) in [6.45, 7) is 0. The Labute approximate surface area is 260 Å². The second kappa shape index (κ2) is 11.5. The lowest BCUT2D eigenvalue weighted by atomic mass is 10.0. The van der Waals surface area contributed by atoms with Crippen LogP contribution in [-0.4, -0.2) is 19.9 Å². The predicted molar refractivity (Wildman–Crippen MR) is 180 cm³/mol. The van der Waals surface area contributed by atoms with Gasteiger partial charge in [0, 0.05) is 22.3 Å². The molecule has 0 spiro atoms. The number of aromatic nitrogens is 4. The molecule has 0 atom stereocenters. The van der Waals surface area contributed by atoms with Crippen LogP contribution in [0, 0.1) is 0 Å². The zero-order valence-electron chi connectivity index (χ0n) is 24.2. The van der Waals surface area contributed by atoms with Crippen LogP contribution < -0.4 is 0 Å². The van der Waals surface area contributed by atoms with Crippen LogP contribution in [0.3, 0.4) is 0 Å². The van der Waals surface area contributed by atoms with Gasteiger partial charge in [0.2, 0.25) is 5.89 Å². The Bertz CT molecular complexity index is 2230. The molecular weight excluding hydrogens is 552 g/mol. The molecule has 0 fully saturated rings. The summed E-state index contributed by atoms with van der Waals surface area (Å²) in [4.78, 5) is 19.5. The van der Waals surface area contributed by atoms with Crippen LogP contribution in [0.5, 0.6) is 0 Å². The van der Waals surface area contributed by atoms with Crippen molar-refractivity contribution >= 4 is 11.1 Å². The molecule has 0 N–H and O–H groups in total. The summed E-state index contributed by atoms with van der Waals surface area (Å²) in [5.41, 5.74) is 9.74. The Morgan fingerprint density at radius 1 is 0.311 bits per heavy atom. The fourth-order valence-corrected chi connectivity index (χ4v) is 5.46. The van der Waals surface area contributed by atoms with E-state index in [0.29, 0.717) is 23.4 Å². The van der Waals surface area contributed by atoms with Gasteiger partial charge < -0.3 is 4.42 Å². The molecule has 5 heteroatoms. The molecule has 2 heterocycles. The lowest BCUT2D eigenvalue weighted by Crippen LogP contribution is -2.00. The monoisotopic (exact) mass is 578 g/mol. The third-order valence-corrected chi connectivity index (χ3v) is 7.78. The smallest absolute Gasteiger partial charge is 0.227 e. The van der Waals surface area contributed by atoms with Crippen LogP contribution >= 0.6 is 0 Å². The SMILES string of the molecule is c1ccc(-c2cccc(-c3nc(-c4ccccc4)nc(-c4ccc(-c5cccc(-c6nc7ccccc7o6)c5)cc4)n3)c2)cc1. The molecular formula is C40H26N4O. The molecule has 8 rings (SSSR count). The van der Waals surface area contributed by atoms with E-state index in [0.717, 1.165) is 55.6 Å². The molecule has 0 aliphatic heterocycles. The van der Waals surface area contributed by atoms with Crippen LogP contribution in [0.1, 0.15) is 0 Å². The number of para-hydroxylation sites is 2. The molecule has 0 radical (unpaired) electrons. The van der Waals surface area contributed by atoms with E-state index in [2.05, 4.69) is 65.6 Å². The highest BCUT2D eigenvalue weighted by atomic mass is 16.3. The summed E-state index contributed by atoms with van der Waals surface area (Å²) in [7, 11) is 0. The summed E-state index contributed by atoms with van der Waals surface area (Å²) >= 11 is 0. The second-order valence-electron chi connectivity index (χ2n) is 10.8. The number of hydrogen-bond donors (Lipinski definition) is 0. The van der Waals surface area contributed by atoms with Gasteiger partial charge in [-0.05, 0) is 52.6 Å². The summed E-state index contributed by atoms with van der Waals surface area (Å²) in [6.07, 6.45) is 0. The molecule has 0 saturated carbocycles. The van der Waals surface area contributed by atoms with Gasteiger partial charge >= 0.3 is 0 Å². The van der Waals surface area contributed by atoms with Gasteiger partial charge in [0.1, 0.15) is 5.52 Å². The van der Waals surface area contributed by atoms with Crippen molar-refractivity contribution in [1.29, 1.82) is 0 Å². The Kier molecular flexibility index (Phi) is 6.74. The average molecular weight is 579 g/mol. The largest absolute Gasteiger partial charge is 0.436 e. The number of hydrogen-bond acceptors (Lipinski definition) is 5. The van der Waals surface area contributed by atoms with E-state index in [1.54, 1.807) is 0 Å². The minimum atomic E-state index is 0.608. The number of fused-ring (bicyclic) bond motifs is 1. The summed E-state index contributed by atoms with van der Waals surface area (Å²) in [6, 6.07) is 53.1. The Morgan fingerprint density at radius 3 is 1.42 bits per heavy atom. The Morgan fingerprint density at radius 2 is 0.756 bits per heavy atom. The first-order valence-corrected chi connectivity index (χ1v) is 14.8. The van der Waals surface area contributed by atoms with Crippen LogP contribution in [0.25, 0.3) is 79.0 Å². The molecule has 8 aromatic rings.